The van der Waals surface area contributed by atoms with Gasteiger partial charge in [0.15, 0.2) is 11.7 Å². The molecule has 0 aliphatic rings. The van der Waals surface area contributed by atoms with E-state index >= 15 is 0 Å². The zero-order chi connectivity index (χ0) is 24.1. The molecular formula is C23H15Cl2N3O4S2. The maximum atomic E-state index is 12.4. The zero-order valence-corrected chi connectivity index (χ0v) is 20.4. The molecule has 2 N–H and O–H groups in total. The van der Waals surface area contributed by atoms with Crippen molar-refractivity contribution in [2.24, 2.45) is 0 Å². The summed E-state index contributed by atoms with van der Waals surface area (Å²) >= 11 is 14.8. The number of rotatable bonds is 7. The standard InChI is InChI=1S/C23H15Cl2N3O4S2/c24-15-5-2-1-4-14(15)18-12-34-23(27-18)28-20(29)11-32-22(31)13-7-8-16(25)17(10-13)26-21(30)19-6-3-9-33-19/h1-10,12H,11H2,(H,26,30)(H,27,28,29). The molecular weight excluding hydrogens is 517 g/mol. The Kier molecular flexibility index (Phi) is 7.59. The van der Waals surface area contributed by atoms with Gasteiger partial charge in [-0.05, 0) is 35.7 Å². The minimum absolute atomic E-state index is 0.133. The van der Waals surface area contributed by atoms with Crippen molar-refractivity contribution < 1.29 is 19.1 Å². The Morgan fingerprint density at radius 3 is 2.53 bits per heavy atom. The monoisotopic (exact) mass is 531 g/mol. The van der Waals surface area contributed by atoms with Crippen LogP contribution in [0.5, 0.6) is 0 Å². The molecule has 2 amide bonds. The topological polar surface area (TPSA) is 97.4 Å². The van der Waals surface area contributed by atoms with Crippen molar-refractivity contribution in [3.63, 3.8) is 0 Å². The van der Waals surface area contributed by atoms with E-state index in [0.717, 1.165) is 5.56 Å². The molecule has 4 rings (SSSR count). The molecule has 11 heteroatoms. The number of anilines is 2. The second kappa shape index (κ2) is 10.8. The third-order valence-corrected chi connectivity index (χ3v) is 6.72. The Balaban J connectivity index is 1.34. The summed E-state index contributed by atoms with van der Waals surface area (Å²) in [5.74, 6) is -1.63. The maximum absolute atomic E-state index is 12.4. The van der Waals surface area contributed by atoms with E-state index in [1.807, 2.05) is 18.2 Å². The van der Waals surface area contributed by atoms with E-state index in [9.17, 15) is 14.4 Å². The molecule has 2 heterocycles. The van der Waals surface area contributed by atoms with Gasteiger partial charge in [0, 0.05) is 16.0 Å². The van der Waals surface area contributed by atoms with Crippen LogP contribution in [0.2, 0.25) is 10.0 Å². The molecule has 34 heavy (non-hydrogen) atoms. The Hall–Kier alpha value is -3.24. The number of nitrogens with zero attached hydrogens (tertiary/aromatic N) is 1. The van der Waals surface area contributed by atoms with E-state index in [-0.39, 0.29) is 22.2 Å². The second-order valence-corrected chi connectivity index (χ2v) is 9.39. The fraction of sp³-hybridized carbons (Fsp3) is 0.0435. The van der Waals surface area contributed by atoms with Crippen LogP contribution < -0.4 is 10.6 Å². The maximum Gasteiger partial charge on any atom is 0.338 e. The van der Waals surface area contributed by atoms with Crippen LogP contribution in [-0.4, -0.2) is 29.4 Å². The number of carbonyl (C=O) groups is 3. The van der Waals surface area contributed by atoms with Gasteiger partial charge >= 0.3 is 5.97 Å². The first-order valence-electron chi connectivity index (χ1n) is 9.72. The summed E-state index contributed by atoms with van der Waals surface area (Å²) in [7, 11) is 0. The first kappa shape index (κ1) is 23.9. The van der Waals surface area contributed by atoms with E-state index in [2.05, 4.69) is 15.6 Å². The molecule has 7 nitrogen and oxygen atoms in total. The molecule has 2 aromatic carbocycles. The summed E-state index contributed by atoms with van der Waals surface area (Å²) in [5.41, 5.74) is 1.76. The largest absolute Gasteiger partial charge is 0.452 e. The molecule has 0 saturated carbocycles. The Bertz CT molecular complexity index is 1360. The minimum atomic E-state index is -0.741. The van der Waals surface area contributed by atoms with Gasteiger partial charge in [-0.15, -0.1) is 22.7 Å². The lowest BCUT2D eigenvalue weighted by Crippen LogP contribution is -2.21. The van der Waals surface area contributed by atoms with Crippen LogP contribution in [-0.2, 0) is 9.53 Å². The molecule has 2 aromatic heterocycles. The Morgan fingerprint density at radius 2 is 1.76 bits per heavy atom. The fourth-order valence-corrected chi connectivity index (χ4v) is 4.58. The third-order valence-electron chi connectivity index (χ3n) is 4.43. The number of aromatic nitrogens is 1. The second-order valence-electron chi connectivity index (χ2n) is 6.77. The summed E-state index contributed by atoms with van der Waals surface area (Å²) < 4.78 is 5.10. The molecule has 4 aromatic rings. The highest BCUT2D eigenvalue weighted by molar-refractivity contribution is 7.14. The number of thiazole rings is 1. The van der Waals surface area contributed by atoms with Crippen molar-refractivity contribution >= 4 is 74.5 Å². The van der Waals surface area contributed by atoms with Crippen molar-refractivity contribution in [1.82, 2.24) is 4.98 Å². The molecule has 0 aliphatic carbocycles. The van der Waals surface area contributed by atoms with Crippen LogP contribution in [0.1, 0.15) is 20.0 Å². The SMILES string of the molecule is O=C(COC(=O)c1ccc(Cl)c(NC(=O)c2cccs2)c1)Nc1nc(-c2ccccc2Cl)cs1. The molecule has 0 atom stereocenters. The average molecular weight is 532 g/mol. The highest BCUT2D eigenvalue weighted by atomic mass is 35.5. The summed E-state index contributed by atoms with van der Waals surface area (Å²) in [6, 6.07) is 15.0. The Morgan fingerprint density at radius 1 is 0.941 bits per heavy atom. The molecule has 0 aliphatic heterocycles. The van der Waals surface area contributed by atoms with Crippen molar-refractivity contribution in [3.8, 4) is 11.3 Å². The summed E-state index contributed by atoms with van der Waals surface area (Å²) in [4.78, 5) is 41.8. The van der Waals surface area contributed by atoms with Gasteiger partial charge in [-0.1, -0.05) is 47.5 Å². The Labute approximate surface area is 212 Å². The number of amides is 2. The van der Waals surface area contributed by atoms with Gasteiger partial charge in [0.1, 0.15) is 0 Å². The number of hydrogen-bond donors (Lipinski definition) is 2. The van der Waals surface area contributed by atoms with Gasteiger partial charge in [0.2, 0.25) is 0 Å². The van der Waals surface area contributed by atoms with Gasteiger partial charge in [0.05, 0.1) is 26.8 Å². The molecule has 0 unspecified atom stereocenters. The smallest absolute Gasteiger partial charge is 0.338 e. The lowest BCUT2D eigenvalue weighted by atomic mass is 10.2. The molecule has 0 bridgehead atoms. The average Bonchev–Trinajstić information content (AvgIpc) is 3.52. The molecule has 172 valence electrons. The van der Waals surface area contributed by atoms with Crippen molar-refractivity contribution in [3.05, 3.63) is 85.8 Å². The van der Waals surface area contributed by atoms with Crippen LogP contribution in [0.25, 0.3) is 11.3 Å². The quantitative estimate of drug-likeness (QED) is 0.275. The van der Waals surface area contributed by atoms with Gasteiger partial charge in [-0.25, -0.2) is 9.78 Å². The summed E-state index contributed by atoms with van der Waals surface area (Å²) in [6.07, 6.45) is 0. The lowest BCUT2D eigenvalue weighted by Gasteiger charge is -2.09. The van der Waals surface area contributed by atoms with Crippen molar-refractivity contribution in [2.45, 2.75) is 0 Å². The number of nitrogens with one attached hydrogen (secondary N) is 2. The van der Waals surface area contributed by atoms with Gasteiger partial charge in [-0.3, -0.25) is 14.9 Å². The van der Waals surface area contributed by atoms with Crippen LogP contribution in [0.3, 0.4) is 0 Å². The van der Waals surface area contributed by atoms with E-state index in [0.29, 0.717) is 20.7 Å². The highest BCUT2D eigenvalue weighted by Gasteiger charge is 2.16. The molecule has 0 saturated heterocycles. The highest BCUT2D eigenvalue weighted by Crippen LogP contribution is 2.30. The number of halogens is 2. The number of ether oxygens (including phenoxy) is 1. The van der Waals surface area contributed by atoms with E-state index in [1.165, 1.54) is 40.9 Å². The third kappa shape index (κ3) is 5.81. The van der Waals surface area contributed by atoms with E-state index in [4.69, 9.17) is 27.9 Å². The fourth-order valence-electron chi connectivity index (χ4n) is 2.83. The van der Waals surface area contributed by atoms with Crippen molar-refractivity contribution in [2.75, 3.05) is 17.2 Å². The summed E-state index contributed by atoms with van der Waals surface area (Å²) in [6.45, 7) is -0.515. The summed E-state index contributed by atoms with van der Waals surface area (Å²) in [5, 5.41) is 9.96. The number of hydrogen-bond acceptors (Lipinski definition) is 7. The van der Waals surface area contributed by atoms with Gasteiger partial charge < -0.3 is 10.1 Å². The number of thiophene rings is 1. The van der Waals surface area contributed by atoms with E-state index < -0.39 is 18.5 Å². The first-order chi connectivity index (χ1) is 16.4. The van der Waals surface area contributed by atoms with E-state index in [1.54, 1.807) is 29.0 Å². The first-order valence-corrected chi connectivity index (χ1v) is 12.2. The molecule has 0 fully saturated rings. The zero-order valence-electron chi connectivity index (χ0n) is 17.2. The number of carbonyl (C=O) groups excluding carboxylic acids is 3. The van der Waals surface area contributed by atoms with Crippen molar-refractivity contribution in [1.29, 1.82) is 0 Å². The van der Waals surface area contributed by atoms with Gasteiger partial charge in [-0.2, -0.15) is 0 Å². The lowest BCUT2D eigenvalue weighted by molar-refractivity contribution is -0.119. The molecule has 0 radical (unpaired) electrons. The van der Waals surface area contributed by atoms with Crippen LogP contribution in [0.4, 0.5) is 10.8 Å². The van der Waals surface area contributed by atoms with Crippen LogP contribution in [0, 0.1) is 0 Å². The van der Waals surface area contributed by atoms with Gasteiger partial charge in [0.25, 0.3) is 11.8 Å². The normalized spacial score (nSPS) is 10.5. The van der Waals surface area contributed by atoms with Crippen LogP contribution in [0.15, 0.2) is 65.4 Å². The molecule has 0 spiro atoms. The van der Waals surface area contributed by atoms with Crippen LogP contribution >= 0.6 is 45.9 Å². The predicted octanol–water partition coefficient (Wildman–Crippen LogP) is 6.23. The number of benzene rings is 2. The minimum Gasteiger partial charge on any atom is -0.452 e. The number of esters is 1. The predicted molar refractivity (Wildman–Crippen MR) is 135 cm³/mol.